The van der Waals surface area contributed by atoms with E-state index in [1.54, 1.807) is 13.2 Å². The molecule has 0 radical (unpaired) electrons. The van der Waals surface area contributed by atoms with Crippen LogP contribution in [0.3, 0.4) is 0 Å². The van der Waals surface area contributed by atoms with Crippen LogP contribution in [0.15, 0.2) is 36.4 Å². The molecule has 0 spiro atoms. The molecule has 0 heterocycles. The van der Waals surface area contributed by atoms with E-state index in [0.717, 1.165) is 22.7 Å². The number of aryl methyl sites for hydroxylation is 2. The highest BCUT2D eigenvalue weighted by Gasteiger charge is 2.04. The predicted molar refractivity (Wildman–Crippen MR) is 76.8 cm³/mol. The van der Waals surface area contributed by atoms with Crippen molar-refractivity contribution in [1.29, 1.82) is 0 Å². The number of hydrogen-bond acceptors (Lipinski definition) is 2. The van der Waals surface area contributed by atoms with E-state index >= 15 is 0 Å². The van der Waals surface area contributed by atoms with Crippen molar-refractivity contribution in [1.82, 2.24) is 0 Å². The molecule has 0 bridgehead atoms. The predicted octanol–water partition coefficient (Wildman–Crippen LogP) is 4.45. The molecule has 0 saturated carbocycles. The van der Waals surface area contributed by atoms with Crippen molar-refractivity contribution in [3.8, 4) is 5.75 Å². The number of nitrogens with one attached hydrogen (secondary N) is 1. The van der Waals surface area contributed by atoms with Crippen molar-refractivity contribution < 1.29 is 9.13 Å². The quantitative estimate of drug-likeness (QED) is 0.876. The third-order valence-corrected chi connectivity index (χ3v) is 3.15. The van der Waals surface area contributed by atoms with Crippen LogP contribution >= 0.6 is 0 Å². The second-order valence-corrected chi connectivity index (χ2v) is 4.47. The summed E-state index contributed by atoms with van der Waals surface area (Å²) in [7, 11) is 1.64. The third-order valence-electron chi connectivity index (χ3n) is 3.15. The number of anilines is 2. The topological polar surface area (TPSA) is 21.3 Å². The van der Waals surface area contributed by atoms with Gasteiger partial charge in [-0.1, -0.05) is 13.0 Å². The molecule has 0 unspecified atom stereocenters. The van der Waals surface area contributed by atoms with Gasteiger partial charge >= 0.3 is 0 Å². The average Bonchev–Trinajstić information content (AvgIpc) is 2.43. The summed E-state index contributed by atoms with van der Waals surface area (Å²) in [5.74, 6) is 0.640. The van der Waals surface area contributed by atoms with Crippen LogP contribution in [0.1, 0.15) is 18.1 Å². The maximum atomic E-state index is 13.5. The number of ether oxygens (including phenoxy) is 1. The highest BCUT2D eigenvalue weighted by atomic mass is 19.1. The molecule has 19 heavy (non-hydrogen) atoms. The summed E-state index contributed by atoms with van der Waals surface area (Å²) in [6.07, 6.45) is 0.679. The SMILES string of the molecule is CCc1cc(Nc2cc(OC)ccc2C)ccc1F. The number of hydrogen-bond donors (Lipinski definition) is 1. The number of halogens is 1. The van der Waals surface area contributed by atoms with Gasteiger partial charge in [0.15, 0.2) is 0 Å². The lowest BCUT2D eigenvalue weighted by atomic mass is 10.1. The Balaban J connectivity index is 2.30. The molecule has 0 aliphatic rings. The van der Waals surface area contributed by atoms with Gasteiger partial charge in [0.25, 0.3) is 0 Å². The van der Waals surface area contributed by atoms with Gasteiger partial charge in [0.1, 0.15) is 11.6 Å². The van der Waals surface area contributed by atoms with Gasteiger partial charge in [0.2, 0.25) is 0 Å². The Labute approximate surface area is 113 Å². The molecule has 0 fully saturated rings. The average molecular weight is 259 g/mol. The monoisotopic (exact) mass is 259 g/mol. The van der Waals surface area contributed by atoms with E-state index in [0.29, 0.717) is 12.0 Å². The molecule has 0 aromatic heterocycles. The maximum absolute atomic E-state index is 13.5. The van der Waals surface area contributed by atoms with Gasteiger partial charge in [0.05, 0.1) is 7.11 Å². The molecule has 2 rings (SSSR count). The largest absolute Gasteiger partial charge is 0.497 e. The van der Waals surface area contributed by atoms with Crippen LogP contribution in [0.2, 0.25) is 0 Å². The zero-order chi connectivity index (χ0) is 13.8. The lowest BCUT2D eigenvalue weighted by Crippen LogP contribution is -1.96. The summed E-state index contributed by atoms with van der Waals surface area (Å²) in [4.78, 5) is 0. The van der Waals surface area contributed by atoms with E-state index in [4.69, 9.17) is 4.74 Å². The molecule has 0 aliphatic heterocycles. The van der Waals surface area contributed by atoms with Crippen LogP contribution < -0.4 is 10.1 Å². The zero-order valence-electron chi connectivity index (χ0n) is 11.5. The fourth-order valence-corrected chi connectivity index (χ4v) is 1.94. The summed E-state index contributed by atoms with van der Waals surface area (Å²) >= 11 is 0. The minimum Gasteiger partial charge on any atom is -0.497 e. The molecule has 2 aromatic rings. The molecule has 1 N–H and O–H groups in total. The number of methoxy groups -OCH3 is 1. The highest BCUT2D eigenvalue weighted by Crippen LogP contribution is 2.26. The lowest BCUT2D eigenvalue weighted by Gasteiger charge is -2.12. The minimum atomic E-state index is -0.157. The number of benzene rings is 2. The van der Waals surface area contributed by atoms with Crippen molar-refractivity contribution in [2.75, 3.05) is 12.4 Å². The molecule has 0 amide bonds. The van der Waals surface area contributed by atoms with Gasteiger partial charge < -0.3 is 10.1 Å². The van der Waals surface area contributed by atoms with Crippen LogP contribution in [0.5, 0.6) is 5.75 Å². The van der Waals surface area contributed by atoms with Crippen molar-refractivity contribution in [3.63, 3.8) is 0 Å². The van der Waals surface area contributed by atoms with Gasteiger partial charge in [-0.25, -0.2) is 4.39 Å². The van der Waals surface area contributed by atoms with Crippen LogP contribution in [0.4, 0.5) is 15.8 Å². The molecular weight excluding hydrogens is 241 g/mol. The number of rotatable bonds is 4. The van der Waals surface area contributed by atoms with E-state index in [9.17, 15) is 4.39 Å². The summed E-state index contributed by atoms with van der Waals surface area (Å²) in [5, 5.41) is 3.30. The smallest absolute Gasteiger partial charge is 0.126 e. The Bertz CT molecular complexity index is 581. The first-order chi connectivity index (χ1) is 9.13. The van der Waals surface area contributed by atoms with Gasteiger partial charge in [0, 0.05) is 17.4 Å². The minimum absolute atomic E-state index is 0.157. The molecule has 3 heteroatoms. The molecular formula is C16H18FNO. The Kier molecular flexibility index (Phi) is 4.05. The van der Waals surface area contributed by atoms with Crippen LogP contribution in [-0.4, -0.2) is 7.11 Å². The molecule has 0 atom stereocenters. The van der Waals surface area contributed by atoms with Crippen molar-refractivity contribution in [3.05, 3.63) is 53.3 Å². The van der Waals surface area contributed by atoms with Crippen LogP contribution in [0.25, 0.3) is 0 Å². The van der Waals surface area contributed by atoms with Crippen molar-refractivity contribution in [2.45, 2.75) is 20.3 Å². The van der Waals surface area contributed by atoms with E-state index in [1.165, 1.54) is 6.07 Å². The second-order valence-electron chi connectivity index (χ2n) is 4.47. The van der Waals surface area contributed by atoms with E-state index < -0.39 is 0 Å². The Morgan fingerprint density at radius 2 is 1.95 bits per heavy atom. The van der Waals surface area contributed by atoms with E-state index in [2.05, 4.69) is 5.32 Å². The zero-order valence-corrected chi connectivity index (χ0v) is 11.5. The fraction of sp³-hybridized carbons (Fsp3) is 0.250. The van der Waals surface area contributed by atoms with Crippen molar-refractivity contribution >= 4 is 11.4 Å². The standard InChI is InChI=1S/C16H18FNO/c1-4-12-9-13(6-8-15(12)17)18-16-10-14(19-3)7-5-11(16)2/h5-10,18H,4H2,1-3H3. The van der Waals surface area contributed by atoms with Crippen LogP contribution in [-0.2, 0) is 6.42 Å². The first-order valence-corrected chi connectivity index (χ1v) is 6.34. The summed E-state index contributed by atoms with van der Waals surface area (Å²) in [6, 6.07) is 10.9. The normalized spacial score (nSPS) is 10.3. The summed E-state index contributed by atoms with van der Waals surface area (Å²) < 4.78 is 18.7. The summed E-state index contributed by atoms with van der Waals surface area (Å²) in [5.41, 5.74) is 3.68. The van der Waals surface area contributed by atoms with E-state index in [1.807, 2.05) is 38.1 Å². The fourth-order valence-electron chi connectivity index (χ4n) is 1.94. The molecule has 100 valence electrons. The van der Waals surface area contributed by atoms with Crippen molar-refractivity contribution in [2.24, 2.45) is 0 Å². The lowest BCUT2D eigenvalue weighted by molar-refractivity contribution is 0.415. The van der Waals surface area contributed by atoms with Gasteiger partial charge in [-0.15, -0.1) is 0 Å². The van der Waals surface area contributed by atoms with Gasteiger partial charge in [-0.05, 0) is 48.7 Å². The third kappa shape index (κ3) is 3.05. The van der Waals surface area contributed by atoms with Gasteiger partial charge in [-0.2, -0.15) is 0 Å². The highest BCUT2D eigenvalue weighted by molar-refractivity contribution is 5.65. The van der Waals surface area contributed by atoms with Gasteiger partial charge in [-0.3, -0.25) is 0 Å². The first kappa shape index (κ1) is 13.4. The van der Waals surface area contributed by atoms with Crippen LogP contribution in [0, 0.1) is 12.7 Å². The molecule has 0 saturated heterocycles. The second kappa shape index (κ2) is 5.74. The molecule has 2 nitrogen and oxygen atoms in total. The Morgan fingerprint density at radius 1 is 1.16 bits per heavy atom. The Hall–Kier alpha value is -2.03. The molecule has 2 aromatic carbocycles. The first-order valence-electron chi connectivity index (χ1n) is 6.34. The summed E-state index contributed by atoms with van der Waals surface area (Å²) in [6.45, 7) is 3.96. The maximum Gasteiger partial charge on any atom is 0.126 e. The van der Waals surface area contributed by atoms with E-state index in [-0.39, 0.29) is 5.82 Å². The Morgan fingerprint density at radius 3 is 2.63 bits per heavy atom. The molecule has 0 aliphatic carbocycles.